The van der Waals surface area contributed by atoms with Crippen LogP contribution in [0.2, 0.25) is 0 Å². The molecule has 5 heteroatoms. The molecule has 1 saturated carbocycles. The number of nitrogens with zero attached hydrogens (tertiary/aromatic N) is 1. The maximum atomic E-state index is 14.1. The Hall–Kier alpha value is -1.49. The number of aliphatic hydroxyl groups is 1. The second-order valence-electron chi connectivity index (χ2n) is 6.59. The number of amides is 1. The van der Waals surface area contributed by atoms with Gasteiger partial charge in [-0.05, 0) is 56.1 Å². The van der Waals surface area contributed by atoms with Crippen molar-refractivity contribution in [3.8, 4) is 0 Å². The van der Waals surface area contributed by atoms with Gasteiger partial charge in [-0.2, -0.15) is 0 Å². The Morgan fingerprint density at radius 1 is 1.23 bits per heavy atom. The molecule has 0 unspecified atom stereocenters. The SMILES string of the molecule is Cc1c(F)cc2c(c1F)C(=O)N(C[C@H]1CC[C@H](CO)CC1)C2. The molecular weight excluding hydrogens is 288 g/mol. The Labute approximate surface area is 128 Å². The van der Waals surface area contributed by atoms with Gasteiger partial charge < -0.3 is 10.0 Å². The van der Waals surface area contributed by atoms with E-state index in [1.54, 1.807) is 4.90 Å². The van der Waals surface area contributed by atoms with Crippen LogP contribution in [0.4, 0.5) is 8.78 Å². The van der Waals surface area contributed by atoms with E-state index >= 15 is 0 Å². The summed E-state index contributed by atoms with van der Waals surface area (Å²) in [5.41, 5.74) is 0.412. The Morgan fingerprint density at radius 2 is 1.86 bits per heavy atom. The van der Waals surface area contributed by atoms with Crippen LogP contribution in [0, 0.1) is 30.4 Å². The first-order valence-electron chi connectivity index (χ1n) is 7.88. The molecule has 1 heterocycles. The second kappa shape index (κ2) is 5.95. The topological polar surface area (TPSA) is 40.5 Å². The van der Waals surface area contributed by atoms with Crippen molar-refractivity contribution in [3.63, 3.8) is 0 Å². The molecule has 1 N–H and O–H groups in total. The maximum Gasteiger partial charge on any atom is 0.257 e. The van der Waals surface area contributed by atoms with Crippen LogP contribution in [0.1, 0.15) is 47.2 Å². The first-order valence-corrected chi connectivity index (χ1v) is 7.88. The highest BCUT2D eigenvalue weighted by Crippen LogP contribution is 2.33. The summed E-state index contributed by atoms with van der Waals surface area (Å²) in [4.78, 5) is 14.0. The smallest absolute Gasteiger partial charge is 0.257 e. The predicted molar refractivity (Wildman–Crippen MR) is 78.4 cm³/mol. The summed E-state index contributed by atoms with van der Waals surface area (Å²) >= 11 is 0. The molecular formula is C17H21F2NO2. The van der Waals surface area contributed by atoms with Gasteiger partial charge in [-0.3, -0.25) is 4.79 Å². The molecule has 0 bridgehead atoms. The predicted octanol–water partition coefficient (Wildman–Crippen LogP) is 3.03. The largest absolute Gasteiger partial charge is 0.396 e. The number of aliphatic hydroxyl groups excluding tert-OH is 1. The van der Waals surface area contributed by atoms with Crippen LogP contribution in [0.15, 0.2) is 6.07 Å². The maximum absolute atomic E-state index is 14.1. The van der Waals surface area contributed by atoms with Crippen LogP contribution < -0.4 is 0 Å². The van der Waals surface area contributed by atoms with Crippen LogP contribution in [-0.2, 0) is 6.54 Å². The summed E-state index contributed by atoms with van der Waals surface area (Å²) in [7, 11) is 0. The number of carbonyl (C=O) groups excluding carboxylic acids is 1. The molecule has 0 aromatic heterocycles. The normalized spacial score (nSPS) is 24.7. The van der Waals surface area contributed by atoms with E-state index in [9.17, 15) is 13.6 Å². The zero-order valence-electron chi connectivity index (χ0n) is 12.7. The second-order valence-corrected chi connectivity index (χ2v) is 6.59. The van der Waals surface area contributed by atoms with Gasteiger partial charge in [0.05, 0.1) is 5.56 Å². The molecule has 1 amide bonds. The van der Waals surface area contributed by atoms with E-state index in [1.165, 1.54) is 13.0 Å². The molecule has 1 aliphatic heterocycles. The van der Waals surface area contributed by atoms with E-state index in [4.69, 9.17) is 5.11 Å². The number of rotatable bonds is 3. The van der Waals surface area contributed by atoms with Gasteiger partial charge in [0.2, 0.25) is 0 Å². The minimum atomic E-state index is -0.716. The van der Waals surface area contributed by atoms with Crippen LogP contribution in [-0.4, -0.2) is 29.1 Å². The zero-order chi connectivity index (χ0) is 15.9. The van der Waals surface area contributed by atoms with E-state index in [2.05, 4.69) is 0 Å². The lowest BCUT2D eigenvalue weighted by Gasteiger charge is -2.30. The third-order valence-electron chi connectivity index (χ3n) is 5.09. The van der Waals surface area contributed by atoms with Crippen molar-refractivity contribution in [1.29, 1.82) is 0 Å². The van der Waals surface area contributed by atoms with Gasteiger partial charge in [-0.25, -0.2) is 8.78 Å². The molecule has 22 heavy (non-hydrogen) atoms. The van der Waals surface area contributed by atoms with Crippen molar-refractivity contribution in [3.05, 3.63) is 34.4 Å². The zero-order valence-corrected chi connectivity index (χ0v) is 12.7. The third kappa shape index (κ3) is 2.62. The van der Waals surface area contributed by atoms with Gasteiger partial charge in [-0.15, -0.1) is 0 Å². The molecule has 0 radical (unpaired) electrons. The van der Waals surface area contributed by atoms with Crippen LogP contribution in [0.3, 0.4) is 0 Å². The highest BCUT2D eigenvalue weighted by atomic mass is 19.1. The highest BCUT2D eigenvalue weighted by Gasteiger charge is 2.34. The van der Waals surface area contributed by atoms with Crippen molar-refractivity contribution in [1.82, 2.24) is 4.90 Å². The van der Waals surface area contributed by atoms with Gasteiger partial charge in [0.1, 0.15) is 11.6 Å². The average molecular weight is 309 g/mol. The van der Waals surface area contributed by atoms with Gasteiger partial charge in [-0.1, -0.05) is 0 Å². The van der Waals surface area contributed by atoms with Crippen LogP contribution in [0.5, 0.6) is 0 Å². The fourth-order valence-corrected chi connectivity index (χ4v) is 3.61. The quantitative estimate of drug-likeness (QED) is 0.932. The van der Waals surface area contributed by atoms with Crippen molar-refractivity contribution in [2.24, 2.45) is 11.8 Å². The Bertz CT molecular complexity index is 595. The Balaban J connectivity index is 1.71. The van der Waals surface area contributed by atoms with Gasteiger partial charge in [0, 0.05) is 25.3 Å². The third-order valence-corrected chi connectivity index (χ3v) is 5.09. The molecule has 2 aliphatic rings. The number of benzene rings is 1. The lowest BCUT2D eigenvalue weighted by Crippen LogP contribution is -2.32. The number of hydrogen-bond acceptors (Lipinski definition) is 2. The number of hydrogen-bond donors (Lipinski definition) is 1. The van der Waals surface area contributed by atoms with Gasteiger partial charge >= 0.3 is 0 Å². The summed E-state index contributed by atoms with van der Waals surface area (Å²) in [6.45, 7) is 2.47. The van der Waals surface area contributed by atoms with Crippen LogP contribution in [0.25, 0.3) is 0 Å². The minimum Gasteiger partial charge on any atom is -0.396 e. The molecule has 3 nitrogen and oxygen atoms in total. The molecule has 120 valence electrons. The van der Waals surface area contributed by atoms with E-state index in [-0.39, 0.29) is 23.6 Å². The fourth-order valence-electron chi connectivity index (χ4n) is 3.61. The molecule has 1 aromatic rings. The monoisotopic (exact) mass is 309 g/mol. The standard InChI is InChI=1S/C17H21F2NO2/c1-10-14(18)6-13-8-20(17(22)15(13)16(10)19)7-11-2-4-12(9-21)5-3-11/h6,11-12,21H,2-5,7-9H2,1H3/t11-,12-. The summed E-state index contributed by atoms with van der Waals surface area (Å²) < 4.78 is 27.8. The van der Waals surface area contributed by atoms with E-state index in [0.717, 1.165) is 25.7 Å². The van der Waals surface area contributed by atoms with Crippen LogP contribution >= 0.6 is 0 Å². The number of fused-ring (bicyclic) bond motifs is 1. The first kappa shape index (κ1) is 15.4. The Kier molecular flexibility index (Phi) is 4.17. The van der Waals surface area contributed by atoms with E-state index in [0.29, 0.717) is 30.5 Å². The number of carbonyl (C=O) groups is 1. The molecule has 1 aromatic carbocycles. The van der Waals surface area contributed by atoms with Crippen molar-refractivity contribution in [2.45, 2.75) is 39.2 Å². The summed E-state index contributed by atoms with van der Waals surface area (Å²) in [6.07, 6.45) is 3.89. The van der Waals surface area contributed by atoms with Gasteiger partial charge in [0.15, 0.2) is 0 Å². The Morgan fingerprint density at radius 3 is 2.50 bits per heavy atom. The first-order chi connectivity index (χ1) is 10.5. The summed E-state index contributed by atoms with van der Waals surface area (Å²) in [5, 5.41) is 9.16. The lowest BCUT2D eigenvalue weighted by atomic mass is 9.82. The molecule has 0 spiro atoms. The summed E-state index contributed by atoms with van der Waals surface area (Å²) in [5.74, 6) is -0.868. The highest BCUT2D eigenvalue weighted by molar-refractivity contribution is 5.98. The fraction of sp³-hybridized carbons (Fsp3) is 0.588. The molecule has 3 rings (SSSR count). The number of halogens is 2. The molecule has 0 saturated heterocycles. The van der Waals surface area contributed by atoms with E-state index in [1.807, 2.05) is 0 Å². The van der Waals surface area contributed by atoms with Gasteiger partial charge in [0.25, 0.3) is 5.91 Å². The minimum absolute atomic E-state index is 0.0444. The molecule has 0 atom stereocenters. The average Bonchev–Trinajstić information content (AvgIpc) is 2.82. The lowest BCUT2D eigenvalue weighted by molar-refractivity contribution is 0.0714. The summed E-state index contributed by atoms with van der Waals surface area (Å²) in [6, 6.07) is 1.29. The van der Waals surface area contributed by atoms with E-state index < -0.39 is 11.6 Å². The van der Waals surface area contributed by atoms with Crippen molar-refractivity contribution >= 4 is 5.91 Å². The van der Waals surface area contributed by atoms with Crippen molar-refractivity contribution in [2.75, 3.05) is 13.2 Å². The van der Waals surface area contributed by atoms with Crippen molar-refractivity contribution < 1.29 is 18.7 Å². The molecule has 1 fully saturated rings. The molecule has 1 aliphatic carbocycles.